The van der Waals surface area contributed by atoms with Gasteiger partial charge in [-0.3, -0.25) is 14.2 Å². The van der Waals surface area contributed by atoms with E-state index in [9.17, 15) is 9.59 Å². The van der Waals surface area contributed by atoms with Gasteiger partial charge in [0.1, 0.15) is 11.4 Å². The summed E-state index contributed by atoms with van der Waals surface area (Å²) in [5.41, 5.74) is 4.51. The SMILES string of the molecule is COc1ccc(C(=O)Nc2cccn(-c3ccc(-c4ccccc4C)cc3)c2=O)cc1.O=S=O. The predicted molar refractivity (Wildman–Crippen MR) is 132 cm³/mol. The molecule has 7 nitrogen and oxygen atoms in total. The number of hydrogen-bond acceptors (Lipinski definition) is 5. The molecule has 172 valence electrons. The summed E-state index contributed by atoms with van der Waals surface area (Å²) in [6, 6.07) is 26.0. The van der Waals surface area contributed by atoms with Crippen molar-refractivity contribution in [2.24, 2.45) is 0 Å². The van der Waals surface area contributed by atoms with Crippen molar-refractivity contribution < 1.29 is 17.9 Å². The second-order valence-corrected chi connectivity index (χ2v) is 7.35. The van der Waals surface area contributed by atoms with Gasteiger partial charge in [-0.25, -0.2) is 0 Å². The molecule has 0 unspecified atom stereocenters. The molecule has 4 aromatic rings. The number of ether oxygens (including phenoxy) is 1. The first-order valence-electron chi connectivity index (χ1n) is 10.2. The monoisotopic (exact) mass is 474 g/mol. The number of hydrogen-bond donors (Lipinski definition) is 1. The van der Waals surface area contributed by atoms with Crippen LogP contribution in [0.3, 0.4) is 0 Å². The van der Waals surface area contributed by atoms with Crippen molar-refractivity contribution >= 4 is 23.2 Å². The van der Waals surface area contributed by atoms with Crippen molar-refractivity contribution in [3.8, 4) is 22.6 Å². The number of pyridine rings is 1. The van der Waals surface area contributed by atoms with Crippen LogP contribution in [0.15, 0.2) is 95.9 Å². The quantitative estimate of drug-likeness (QED) is 0.463. The standard InChI is InChI=1S/C26H22N2O3.O2S/c1-18-6-3-4-7-23(18)19-9-13-21(14-10-19)28-17-5-8-24(26(28)30)27-25(29)20-11-15-22(31-2)16-12-20;1-3-2/h3-17H,1-2H3,(H,27,29);. The number of methoxy groups -OCH3 is 1. The fourth-order valence-corrected chi connectivity index (χ4v) is 3.43. The second kappa shape index (κ2) is 11.5. The highest BCUT2D eigenvalue weighted by Crippen LogP contribution is 2.24. The number of aromatic nitrogens is 1. The van der Waals surface area contributed by atoms with E-state index >= 15 is 0 Å². The number of anilines is 1. The Hall–Kier alpha value is -4.30. The lowest BCUT2D eigenvalue weighted by Crippen LogP contribution is -2.24. The third-order valence-corrected chi connectivity index (χ3v) is 5.15. The molecule has 4 rings (SSSR count). The number of aryl methyl sites for hydroxylation is 1. The van der Waals surface area contributed by atoms with Crippen molar-refractivity contribution in [1.82, 2.24) is 4.57 Å². The van der Waals surface area contributed by atoms with Gasteiger partial charge < -0.3 is 10.1 Å². The fraction of sp³-hybridized carbons (Fsp3) is 0.0769. The molecule has 0 aliphatic rings. The Balaban J connectivity index is 0.00000103. The van der Waals surface area contributed by atoms with Crippen LogP contribution in [0.4, 0.5) is 5.69 Å². The van der Waals surface area contributed by atoms with E-state index < -0.39 is 11.6 Å². The maximum atomic E-state index is 13.0. The van der Waals surface area contributed by atoms with Crippen LogP contribution in [0, 0.1) is 6.92 Å². The highest BCUT2D eigenvalue weighted by Gasteiger charge is 2.11. The van der Waals surface area contributed by atoms with Gasteiger partial charge in [0.25, 0.3) is 11.5 Å². The van der Waals surface area contributed by atoms with Gasteiger partial charge in [-0.15, -0.1) is 0 Å². The largest absolute Gasteiger partial charge is 0.497 e. The Bertz CT molecular complexity index is 1370. The minimum Gasteiger partial charge on any atom is -0.497 e. The zero-order valence-corrected chi connectivity index (χ0v) is 19.4. The van der Waals surface area contributed by atoms with Crippen LogP contribution in [-0.4, -0.2) is 26.0 Å². The van der Waals surface area contributed by atoms with Crippen LogP contribution in [0.25, 0.3) is 16.8 Å². The van der Waals surface area contributed by atoms with Gasteiger partial charge in [-0.2, -0.15) is 8.42 Å². The smallest absolute Gasteiger partial charge is 0.335 e. The van der Waals surface area contributed by atoms with E-state index in [1.54, 1.807) is 49.7 Å². The molecule has 0 fully saturated rings. The van der Waals surface area contributed by atoms with E-state index in [2.05, 4.69) is 24.4 Å². The second-order valence-electron chi connectivity index (χ2n) is 7.21. The molecule has 0 saturated heterocycles. The van der Waals surface area contributed by atoms with Gasteiger partial charge in [0.2, 0.25) is 0 Å². The van der Waals surface area contributed by atoms with Gasteiger partial charge >= 0.3 is 11.6 Å². The summed E-state index contributed by atoms with van der Waals surface area (Å²) in [7, 11) is 1.56. The van der Waals surface area contributed by atoms with Crippen LogP contribution in [0.5, 0.6) is 5.75 Å². The molecule has 0 atom stereocenters. The van der Waals surface area contributed by atoms with Crippen LogP contribution in [0.2, 0.25) is 0 Å². The Morgan fingerprint density at radius 1 is 0.882 bits per heavy atom. The third-order valence-electron chi connectivity index (χ3n) is 5.15. The Labute approximate surface area is 200 Å². The van der Waals surface area contributed by atoms with Crippen molar-refractivity contribution in [2.45, 2.75) is 6.92 Å². The van der Waals surface area contributed by atoms with Crippen molar-refractivity contribution in [2.75, 3.05) is 12.4 Å². The maximum absolute atomic E-state index is 13.0. The molecule has 34 heavy (non-hydrogen) atoms. The molecule has 0 spiro atoms. The number of nitrogens with one attached hydrogen (secondary N) is 1. The first kappa shape index (κ1) is 24.3. The zero-order valence-electron chi connectivity index (χ0n) is 18.6. The minimum atomic E-state index is -0.750. The van der Waals surface area contributed by atoms with Gasteiger partial charge in [0, 0.05) is 17.4 Å². The average Bonchev–Trinajstić information content (AvgIpc) is 2.86. The molecule has 0 aliphatic heterocycles. The summed E-state index contributed by atoms with van der Waals surface area (Å²) in [4.78, 5) is 25.5. The highest BCUT2D eigenvalue weighted by atomic mass is 32.1. The Morgan fingerprint density at radius 2 is 1.53 bits per heavy atom. The van der Waals surface area contributed by atoms with Crippen molar-refractivity contribution in [1.29, 1.82) is 0 Å². The maximum Gasteiger partial charge on any atom is 0.335 e. The zero-order chi connectivity index (χ0) is 24.5. The predicted octanol–water partition coefficient (Wildman–Crippen LogP) is 4.40. The lowest BCUT2D eigenvalue weighted by molar-refractivity contribution is 0.102. The van der Waals surface area contributed by atoms with E-state index in [1.165, 1.54) is 10.1 Å². The molecule has 0 bridgehead atoms. The lowest BCUT2D eigenvalue weighted by Gasteiger charge is -2.11. The van der Waals surface area contributed by atoms with Gasteiger partial charge in [0.15, 0.2) is 0 Å². The average molecular weight is 475 g/mol. The number of amides is 1. The van der Waals surface area contributed by atoms with E-state index in [-0.39, 0.29) is 17.2 Å². The Kier molecular flexibility index (Phi) is 8.26. The summed E-state index contributed by atoms with van der Waals surface area (Å²) in [6.45, 7) is 2.07. The third kappa shape index (κ3) is 5.73. The summed E-state index contributed by atoms with van der Waals surface area (Å²) < 4.78 is 23.2. The van der Waals surface area contributed by atoms with E-state index in [0.29, 0.717) is 11.3 Å². The topological polar surface area (TPSA) is 94.5 Å². The van der Waals surface area contributed by atoms with E-state index in [1.807, 2.05) is 36.4 Å². The van der Waals surface area contributed by atoms with Gasteiger partial charge in [-0.1, -0.05) is 36.4 Å². The van der Waals surface area contributed by atoms with E-state index in [4.69, 9.17) is 13.2 Å². The Morgan fingerprint density at radius 3 is 2.15 bits per heavy atom. The molecule has 1 heterocycles. The summed E-state index contributed by atoms with van der Waals surface area (Å²) in [6.07, 6.45) is 1.69. The first-order valence-corrected chi connectivity index (χ1v) is 10.9. The van der Waals surface area contributed by atoms with Crippen LogP contribution in [-0.2, 0) is 11.6 Å². The number of nitrogens with zero attached hydrogens (tertiary/aromatic N) is 1. The fourth-order valence-electron chi connectivity index (χ4n) is 3.43. The summed E-state index contributed by atoms with van der Waals surface area (Å²) >= 11 is -0.750. The minimum absolute atomic E-state index is 0.214. The molecule has 8 heteroatoms. The summed E-state index contributed by atoms with van der Waals surface area (Å²) in [5.74, 6) is 0.306. The number of rotatable bonds is 5. The molecule has 0 saturated carbocycles. The van der Waals surface area contributed by atoms with Gasteiger partial charge in [-0.05, 0) is 72.1 Å². The molecule has 1 aromatic heterocycles. The molecule has 3 aromatic carbocycles. The lowest BCUT2D eigenvalue weighted by atomic mass is 10.0. The first-order chi connectivity index (χ1) is 16.5. The molecule has 1 N–H and O–H groups in total. The highest BCUT2D eigenvalue weighted by molar-refractivity contribution is 7.51. The van der Waals surface area contributed by atoms with E-state index in [0.717, 1.165) is 16.8 Å². The normalized spacial score (nSPS) is 9.94. The van der Waals surface area contributed by atoms with Crippen LogP contribution < -0.4 is 15.6 Å². The molecule has 1 amide bonds. The molecular weight excluding hydrogens is 452 g/mol. The molecular formula is C26H22N2O5S. The molecule has 0 radical (unpaired) electrons. The van der Waals surface area contributed by atoms with Crippen molar-refractivity contribution in [3.05, 3.63) is 113 Å². The number of carbonyl (C=O) groups excluding carboxylic acids is 1. The van der Waals surface area contributed by atoms with Crippen LogP contribution >= 0.6 is 0 Å². The number of benzene rings is 3. The van der Waals surface area contributed by atoms with Crippen LogP contribution in [0.1, 0.15) is 15.9 Å². The summed E-state index contributed by atoms with van der Waals surface area (Å²) in [5, 5.41) is 2.71. The van der Waals surface area contributed by atoms with Crippen molar-refractivity contribution in [3.63, 3.8) is 0 Å². The van der Waals surface area contributed by atoms with Gasteiger partial charge in [0.05, 0.1) is 7.11 Å². The number of carbonyl (C=O) groups is 1. The molecule has 0 aliphatic carbocycles.